The average molecular weight is 183 g/mol. The monoisotopic (exact) mass is 183 g/mol. The highest BCUT2D eigenvalue weighted by molar-refractivity contribution is 4.78. The van der Waals surface area contributed by atoms with Gasteiger partial charge in [-0.2, -0.15) is 0 Å². The van der Waals surface area contributed by atoms with Crippen LogP contribution in [0, 0.1) is 0 Å². The van der Waals surface area contributed by atoms with Crippen LogP contribution in [0.3, 0.4) is 0 Å². The van der Waals surface area contributed by atoms with E-state index in [0.29, 0.717) is 6.10 Å². The Morgan fingerprint density at radius 3 is 2.85 bits per heavy atom. The summed E-state index contributed by atoms with van der Waals surface area (Å²) in [5, 5.41) is 0. The molecule has 0 aromatic rings. The molecular weight excluding hydrogens is 162 g/mol. The molecule has 13 heavy (non-hydrogen) atoms. The number of ether oxygens (including phenoxy) is 1. The van der Waals surface area contributed by atoms with E-state index in [2.05, 4.69) is 6.58 Å². The first-order valence-corrected chi connectivity index (χ1v) is 5.32. The minimum absolute atomic E-state index is 0.275. The molecule has 2 unspecified atom stereocenters. The Bertz CT molecular complexity index is 147. The Hall–Kier alpha value is -0.340. The predicted molar refractivity (Wildman–Crippen MR) is 55.6 cm³/mol. The van der Waals surface area contributed by atoms with Crippen LogP contribution in [0.4, 0.5) is 0 Å². The maximum Gasteiger partial charge on any atom is 0.0725 e. The summed E-state index contributed by atoms with van der Waals surface area (Å²) in [6.07, 6.45) is 9.20. The van der Waals surface area contributed by atoms with Crippen LogP contribution in [0.2, 0.25) is 0 Å². The number of hydrogen-bond acceptors (Lipinski definition) is 2. The van der Waals surface area contributed by atoms with Crippen LogP contribution in [0.1, 0.15) is 38.5 Å². The topological polar surface area (TPSA) is 35.2 Å². The van der Waals surface area contributed by atoms with Gasteiger partial charge in [-0.3, -0.25) is 0 Å². The Kier molecular flexibility index (Phi) is 5.09. The molecular formula is C11H21NO. The third-order valence-electron chi connectivity index (χ3n) is 2.64. The Morgan fingerprint density at radius 1 is 1.38 bits per heavy atom. The van der Waals surface area contributed by atoms with Crippen LogP contribution in [-0.2, 0) is 4.74 Å². The van der Waals surface area contributed by atoms with Crippen LogP contribution < -0.4 is 5.73 Å². The molecule has 0 aromatic carbocycles. The zero-order chi connectivity index (χ0) is 9.52. The van der Waals surface area contributed by atoms with Gasteiger partial charge in [0.15, 0.2) is 0 Å². The molecule has 76 valence electrons. The molecule has 2 heteroatoms. The normalized spacial score (nSPS) is 28.7. The number of hydrogen-bond donors (Lipinski definition) is 1. The van der Waals surface area contributed by atoms with Crippen molar-refractivity contribution in [1.82, 2.24) is 0 Å². The van der Waals surface area contributed by atoms with Crippen molar-refractivity contribution >= 4 is 0 Å². The van der Waals surface area contributed by atoms with E-state index in [9.17, 15) is 0 Å². The summed E-state index contributed by atoms with van der Waals surface area (Å²) in [4.78, 5) is 0. The van der Waals surface area contributed by atoms with Crippen LogP contribution in [0.25, 0.3) is 0 Å². The Morgan fingerprint density at radius 2 is 2.15 bits per heavy atom. The fourth-order valence-electron chi connectivity index (χ4n) is 1.79. The van der Waals surface area contributed by atoms with Gasteiger partial charge in [-0.15, -0.1) is 6.58 Å². The summed E-state index contributed by atoms with van der Waals surface area (Å²) < 4.78 is 5.72. The summed E-state index contributed by atoms with van der Waals surface area (Å²) in [5.41, 5.74) is 5.95. The van der Waals surface area contributed by atoms with Crippen LogP contribution in [0.15, 0.2) is 12.7 Å². The van der Waals surface area contributed by atoms with Crippen LogP contribution in [0.5, 0.6) is 0 Å². The van der Waals surface area contributed by atoms with Gasteiger partial charge in [-0.25, -0.2) is 0 Å². The van der Waals surface area contributed by atoms with Gasteiger partial charge < -0.3 is 10.5 Å². The highest BCUT2D eigenvalue weighted by Crippen LogP contribution is 2.19. The molecule has 0 heterocycles. The van der Waals surface area contributed by atoms with Crippen LogP contribution >= 0.6 is 0 Å². The van der Waals surface area contributed by atoms with Gasteiger partial charge in [0.25, 0.3) is 0 Å². The smallest absolute Gasteiger partial charge is 0.0725 e. The number of nitrogens with two attached hydrogens (primary N) is 1. The fourth-order valence-corrected chi connectivity index (χ4v) is 1.79. The van der Waals surface area contributed by atoms with Gasteiger partial charge in [0.05, 0.1) is 6.10 Å². The second kappa shape index (κ2) is 6.17. The van der Waals surface area contributed by atoms with Crippen LogP contribution in [-0.4, -0.2) is 18.8 Å². The molecule has 1 aliphatic carbocycles. The van der Waals surface area contributed by atoms with Gasteiger partial charge >= 0.3 is 0 Å². The quantitative estimate of drug-likeness (QED) is 0.524. The first-order valence-electron chi connectivity index (χ1n) is 5.32. The van der Waals surface area contributed by atoms with E-state index >= 15 is 0 Å². The minimum atomic E-state index is 0.275. The van der Waals surface area contributed by atoms with E-state index in [1.54, 1.807) is 0 Å². The summed E-state index contributed by atoms with van der Waals surface area (Å²) in [7, 11) is 0. The van der Waals surface area contributed by atoms with E-state index in [0.717, 1.165) is 32.3 Å². The molecule has 2 N–H and O–H groups in total. The molecule has 0 aliphatic heterocycles. The third kappa shape index (κ3) is 3.92. The van der Waals surface area contributed by atoms with E-state index in [-0.39, 0.29) is 6.04 Å². The van der Waals surface area contributed by atoms with E-state index < -0.39 is 0 Å². The lowest BCUT2D eigenvalue weighted by molar-refractivity contribution is 0.0143. The molecule has 0 radical (unpaired) electrons. The van der Waals surface area contributed by atoms with Crippen molar-refractivity contribution in [3.8, 4) is 0 Å². The molecule has 1 rings (SSSR count). The molecule has 1 aliphatic rings. The predicted octanol–water partition coefficient (Wildman–Crippen LogP) is 2.24. The molecule has 0 spiro atoms. The lowest BCUT2D eigenvalue weighted by Crippen LogP contribution is -2.39. The largest absolute Gasteiger partial charge is 0.377 e. The highest BCUT2D eigenvalue weighted by atomic mass is 16.5. The number of rotatable bonds is 5. The molecule has 2 atom stereocenters. The van der Waals surface area contributed by atoms with E-state index in [1.165, 1.54) is 12.8 Å². The Balaban J connectivity index is 2.08. The van der Waals surface area contributed by atoms with Crippen molar-refractivity contribution in [3.05, 3.63) is 12.7 Å². The lowest BCUT2D eigenvalue weighted by Gasteiger charge is -2.28. The zero-order valence-electron chi connectivity index (χ0n) is 8.37. The summed E-state index contributed by atoms with van der Waals surface area (Å²) in [6, 6.07) is 0.275. The van der Waals surface area contributed by atoms with Gasteiger partial charge in [0.1, 0.15) is 0 Å². The third-order valence-corrected chi connectivity index (χ3v) is 2.64. The summed E-state index contributed by atoms with van der Waals surface area (Å²) in [6.45, 7) is 4.52. The maximum atomic E-state index is 5.95. The lowest BCUT2D eigenvalue weighted by atomic mass is 9.93. The van der Waals surface area contributed by atoms with Crippen molar-refractivity contribution in [2.24, 2.45) is 5.73 Å². The molecule has 0 saturated heterocycles. The molecule has 0 bridgehead atoms. The SMILES string of the molecule is C=CCCCOC1CCCCC1N. The molecule has 1 fully saturated rings. The first kappa shape index (κ1) is 10.7. The van der Waals surface area contributed by atoms with Crippen molar-refractivity contribution in [3.63, 3.8) is 0 Å². The van der Waals surface area contributed by atoms with Gasteiger partial charge in [-0.05, 0) is 25.7 Å². The van der Waals surface area contributed by atoms with Crippen molar-refractivity contribution in [1.29, 1.82) is 0 Å². The summed E-state index contributed by atoms with van der Waals surface area (Å²) >= 11 is 0. The molecule has 0 amide bonds. The second-order valence-corrected chi connectivity index (χ2v) is 3.79. The first-order chi connectivity index (χ1) is 6.34. The average Bonchev–Trinajstić information content (AvgIpc) is 2.15. The fraction of sp³-hybridized carbons (Fsp3) is 0.818. The summed E-state index contributed by atoms with van der Waals surface area (Å²) in [5.74, 6) is 0. The standard InChI is InChI=1S/C11H21NO/c1-2-3-6-9-13-11-8-5-4-7-10(11)12/h2,10-11H,1,3-9,12H2. The van der Waals surface area contributed by atoms with Crippen molar-refractivity contribution < 1.29 is 4.74 Å². The molecule has 0 aromatic heterocycles. The van der Waals surface area contributed by atoms with E-state index in [4.69, 9.17) is 10.5 Å². The molecule has 2 nitrogen and oxygen atoms in total. The highest BCUT2D eigenvalue weighted by Gasteiger charge is 2.21. The minimum Gasteiger partial charge on any atom is -0.377 e. The second-order valence-electron chi connectivity index (χ2n) is 3.79. The maximum absolute atomic E-state index is 5.95. The van der Waals surface area contributed by atoms with Gasteiger partial charge in [-0.1, -0.05) is 18.9 Å². The van der Waals surface area contributed by atoms with Crippen molar-refractivity contribution in [2.45, 2.75) is 50.7 Å². The molecule has 1 saturated carbocycles. The Labute approximate surface area is 81.1 Å². The zero-order valence-corrected chi connectivity index (χ0v) is 8.37. The number of unbranched alkanes of at least 4 members (excludes halogenated alkanes) is 1. The van der Waals surface area contributed by atoms with Gasteiger partial charge in [0, 0.05) is 12.6 Å². The number of allylic oxidation sites excluding steroid dienone is 1. The van der Waals surface area contributed by atoms with E-state index in [1.807, 2.05) is 6.08 Å². The van der Waals surface area contributed by atoms with Crippen molar-refractivity contribution in [2.75, 3.05) is 6.61 Å². The van der Waals surface area contributed by atoms with Gasteiger partial charge in [0.2, 0.25) is 0 Å².